The standard InChI is InChI=1S/C9H9ClF2N2O2/c10-2-4-3-14-9(13)5(1-6(15)16)7(4)8(11)12/h3,8H,1-2H2,(H2,13,14)(H,15,16). The molecular formula is C9H9ClF2N2O2. The Balaban J connectivity index is 3.35. The molecule has 1 aromatic heterocycles. The van der Waals surface area contributed by atoms with Gasteiger partial charge < -0.3 is 10.8 Å². The van der Waals surface area contributed by atoms with Gasteiger partial charge in [0.1, 0.15) is 5.82 Å². The SMILES string of the molecule is Nc1ncc(CCl)c(C(F)F)c1CC(=O)O. The molecule has 16 heavy (non-hydrogen) atoms. The highest BCUT2D eigenvalue weighted by Gasteiger charge is 2.22. The monoisotopic (exact) mass is 250 g/mol. The van der Waals surface area contributed by atoms with E-state index in [-0.39, 0.29) is 22.8 Å². The molecule has 0 radical (unpaired) electrons. The highest BCUT2D eigenvalue weighted by atomic mass is 35.5. The number of carboxylic acid groups (broad SMARTS) is 1. The first kappa shape index (κ1) is 12.6. The van der Waals surface area contributed by atoms with Crippen LogP contribution in [0, 0.1) is 0 Å². The predicted octanol–water partition coefficient (Wildman–Crippen LogP) is 1.97. The fourth-order valence-electron chi connectivity index (χ4n) is 1.34. The van der Waals surface area contributed by atoms with E-state index in [4.69, 9.17) is 22.4 Å². The molecule has 88 valence electrons. The van der Waals surface area contributed by atoms with Crippen molar-refractivity contribution in [3.8, 4) is 0 Å². The summed E-state index contributed by atoms with van der Waals surface area (Å²) in [6.45, 7) is 0. The summed E-state index contributed by atoms with van der Waals surface area (Å²) in [6, 6.07) is 0. The van der Waals surface area contributed by atoms with Crippen LogP contribution in [0.2, 0.25) is 0 Å². The number of hydrogen-bond acceptors (Lipinski definition) is 3. The van der Waals surface area contributed by atoms with Crippen LogP contribution in [0.15, 0.2) is 6.20 Å². The minimum Gasteiger partial charge on any atom is -0.481 e. The van der Waals surface area contributed by atoms with Crippen LogP contribution in [0.3, 0.4) is 0 Å². The van der Waals surface area contributed by atoms with E-state index >= 15 is 0 Å². The van der Waals surface area contributed by atoms with Gasteiger partial charge in [-0.25, -0.2) is 13.8 Å². The summed E-state index contributed by atoms with van der Waals surface area (Å²) in [5.74, 6) is -1.62. The molecule has 0 aromatic carbocycles. The lowest BCUT2D eigenvalue weighted by Crippen LogP contribution is -2.11. The summed E-state index contributed by atoms with van der Waals surface area (Å²) >= 11 is 5.48. The second-order valence-electron chi connectivity index (χ2n) is 3.07. The smallest absolute Gasteiger partial charge is 0.307 e. The first-order chi connectivity index (χ1) is 7.47. The lowest BCUT2D eigenvalue weighted by Gasteiger charge is -2.12. The Bertz CT molecular complexity index is 413. The number of anilines is 1. The quantitative estimate of drug-likeness (QED) is 0.801. The molecule has 0 aliphatic carbocycles. The van der Waals surface area contributed by atoms with E-state index in [2.05, 4.69) is 4.98 Å². The molecule has 1 heterocycles. The number of aliphatic carboxylic acids is 1. The maximum atomic E-state index is 12.8. The molecule has 0 fully saturated rings. The molecule has 1 aromatic rings. The zero-order valence-electron chi connectivity index (χ0n) is 8.08. The summed E-state index contributed by atoms with van der Waals surface area (Å²) in [5, 5.41) is 8.60. The topological polar surface area (TPSA) is 76.2 Å². The van der Waals surface area contributed by atoms with Gasteiger partial charge in [0.2, 0.25) is 0 Å². The number of nitrogen functional groups attached to an aromatic ring is 1. The lowest BCUT2D eigenvalue weighted by molar-refractivity contribution is -0.136. The van der Waals surface area contributed by atoms with Crippen molar-refractivity contribution < 1.29 is 18.7 Å². The van der Waals surface area contributed by atoms with Crippen molar-refractivity contribution in [3.05, 3.63) is 22.9 Å². The van der Waals surface area contributed by atoms with Crippen molar-refractivity contribution >= 4 is 23.4 Å². The van der Waals surface area contributed by atoms with E-state index in [1.54, 1.807) is 0 Å². The molecule has 4 nitrogen and oxygen atoms in total. The number of aromatic nitrogens is 1. The molecule has 0 aliphatic heterocycles. The van der Waals surface area contributed by atoms with E-state index in [0.717, 1.165) is 6.20 Å². The van der Waals surface area contributed by atoms with Crippen LogP contribution in [0.25, 0.3) is 0 Å². The summed E-state index contributed by atoms with van der Waals surface area (Å²) in [4.78, 5) is 14.2. The van der Waals surface area contributed by atoms with Gasteiger partial charge in [-0.3, -0.25) is 4.79 Å². The van der Waals surface area contributed by atoms with Crippen molar-refractivity contribution in [2.24, 2.45) is 0 Å². The maximum absolute atomic E-state index is 12.8. The Labute approximate surface area is 95.0 Å². The molecule has 3 N–H and O–H groups in total. The molecule has 0 atom stereocenters. The van der Waals surface area contributed by atoms with Gasteiger partial charge in [-0.05, 0) is 5.56 Å². The molecule has 7 heteroatoms. The Kier molecular flexibility index (Phi) is 4.00. The molecule has 0 saturated heterocycles. The highest BCUT2D eigenvalue weighted by molar-refractivity contribution is 6.17. The number of carbonyl (C=O) groups is 1. The van der Waals surface area contributed by atoms with Crippen molar-refractivity contribution in [2.45, 2.75) is 18.7 Å². The molecule has 0 saturated carbocycles. The lowest BCUT2D eigenvalue weighted by atomic mass is 10.0. The second-order valence-corrected chi connectivity index (χ2v) is 3.33. The van der Waals surface area contributed by atoms with E-state index < -0.39 is 24.4 Å². The van der Waals surface area contributed by atoms with Gasteiger partial charge in [-0.2, -0.15) is 0 Å². The summed E-state index contributed by atoms with van der Waals surface area (Å²) in [6.07, 6.45) is -2.29. The second kappa shape index (κ2) is 5.07. The number of hydrogen-bond donors (Lipinski definition) is 2. The number of carboxylic acids is 1. The summed E-state index contributed by atoms with van der Waals surface area (Å²) in [5.41, 5.74) is 4.89. The Hall–Kier alpha value is -1.43. The maximum Gasteiger partial charge on any atom is 0.307 e. The molecule has 0 unspecified atom stereocenters. The normalized spacial score (nSPS) is 10.8. The largest absolute Gasteiger partial charge is 0.481 e. The van der Waals surface area contributed by atoms with E-state index in [9.17, 15) is 13.6 Å². The number of pyridine rings is 1. The Morgan fingerprint density at radius 1 is 1.62 bits per heavy atom. The molecular weight excluding hydrogens is 242 g/mol. The molecule has 0 amide bonds. The fourth-order valence-corrected chi connectivity index (χ4v) is 1.56. The molecule has 0 spiro atoms. The third-order valence-corrected chi connectivity index (χ3v) is 2.32. The number of nitrogens with zero attached hydrogens (tertiary/aromatic N) is 1. The number of nitrogens with two attached hydrogens (primary N) is 1. The van der Waals surface area contributed by atoms with E-state index in [1.807, 2.05) is 0 Å². The van der Waals surface area contributed by atoms with Gasteiger partial charge in [-0.1, -0.05) is 0 Å². The number of alkyl halides is 3. The average molecular weight is 251 g/mol. The van der Waals surface area contributed by atoms with Crippen LogP contribution < -0.4 is 5.73 Å². The minimum atomic E-state index is -2.83. The zero-order chi connectivity index (χ0) is 12.3. The first-order valence-electron chi connectivity index (χ1n) is 4.29. The first-order valence-corrected chi connectivity index (χ1v) is 4.82. The van der Waals surface area contributed by atoms with Crippen LogP contribution in [0.4, 0.5) is 14.6 Å². The number of rotatable bonds is 4. The van der Waals surface area contributed by atoms with Gasteiger partial charge >= 0.3 is 5.97 Å². The zero-order valence-corrected chi connectivity index (χ0v) is 8.84. The van der Waals surface area contributed by atoms with Crippen molar-refractivity contribution in [3.63, 3.8) is 0 Å². The minimum absolute atomic E-state index is 0.0992. The van der Waals surface area contributed by atoms with Crippen molar-refractivity contribution in [2.75, 3.05) is 5.73 Å². The van der Waals surface area contributed by atoms with Gasteiger partial charge in [0.25, 0.3) is 6.43 Å². The van der Waals surface area contributed by atoms with E-state index in [0.29, 0.717) is 0 Å². The van der Waals surface area contributed by atoms with Gasteiger partial charge in [-0.15, -0.1) is 11.6 Å². The number of halogens is 3. The van der Waals surface area contributed by atoms with Crippen molar-refractivity contribution in [1.82, 2.24) is 4.98 Å². The van der Waals surface area contributed by atoms with Gasteiger partial charge in [0, 0.05) is 23.2 Å². The predicted molar refractivity (Wildman–Crippen MR) is 54.5 cm³/mol. The fraction of sp³-hybridized carbons (Fsp3) is 0.333. The van der Waals surface area contributed by atoms with Crippen LogP contribution in [0.5, 0.6) is 0 Å². The van der Waals surface area contributed by atoms with Crippen LogP contribution in [0.1, 0.15) is 23.1 Å². The summed E-state index contributed by atoms with van der Waals surface area (Å²) in [7, 11) is 0. The Morgan fingerprint density at radius 2 is 2.25 bits per heavy atom. The average Bonchev–Trinajstić information content (AvgIpc) is 2.19. The van der Waals surface area contributed by atoms with E-state index in [1.165, 1.54) is 0 Å². The molecule has 1 rings (SSSR count). The Morgan fingerprint density at radius 3 is 2.69 bits per heavy atom. The van der Waals surface area contributed by atoms with Crippen LogP contribution >= 0.6 is 11.6 Å². The van der Waals surface area contributed by atoms with Gasteiger partial charge in [0.05, 0.1) is 6.42 Å². The summed E-state index contributed by atoms with van der Waals surface area (Å²) < 4.78 is 25.5. The molecule has 0 aliphatic rings. The third kappa shape index (κ3) is 2.57. The van der Waals surface area contributed by atoms with Gasteiger partial charge in [0.15, 0.2) is 0 Å². The van der Waals surface area contributed by atoms with Crippen LogP contribution in [-0.4, -0.2) is 16.1 Å². The molecule has 0 bridgehead atoms. The third-order valence-electron chi connectivity index (χ3n) is 2.03. The van der Waals surface area contributed by atoms with Crippen molar-refractivity contribution in [1.29, 1.82) is 0 Å². The van der Waals surface area contributed by atoms with Crippen LogP contribution in [-0.2, 0) is 17.1 Å². The highest BCUT2D eigenvalue weighted by Crippen LogP contribution is 2.30.